The minimum absolute atomic E-state index is 0.158. The van der Waals surface area contributed by atoms with Gasteiger partial charge >= 0.3 is 0 Å². The number of hydrogen-bond donors (Lipinski definition) is 1. The molecule has 1 aromatic carbocycles. The summed E-state index contributed by atoms with van der Waals surface area (Å²) in [5.41, 5.74) is 1.64. The third kappa shape index (κ3) is 1.30. The highest BCUT2D eigenvalue weighted by Gasteiger charge is 2.09. The molecule has 0 bridgehead atoms. The summed E-state index contributed by atoms with van der Waals surface area (Å²) in [4.78, 5) is 10.5. The number of carbonyl (C=O) groups excluding carboxylic acids is 1. The number of aryl methyl sites for hydroxylation is 1. The van der Waals surface area contributed by atoms with Crippen LogP contribution in [0.1, 0.15) is 21.5 Å². The average molecular weight is 185 g/mol. The summed E-state index contributed by atoms with van der Waals surface area (Å²) in [6.07, 6.45) is 0.682. The Kier molecular flexibility index (Phi) is 2.38. The highest BCUT2D eigenvalue weighted by molar-refractivity contribution is 6.33. The fourth-order valence-corrected chi connectivity index (χ4v) is 1.26. The lowest BCUT2D eigenvalue weighted by Crippen LogP contribution is -1.89. The highest BCUT2D eigenvalue weighted by Crippen LogP contribution is 2.30. The fraction of sp³-hybridized carbons (Fsp3) is 0.222. The first kappa shape index (κ1) is 9.07. The number of phenolic OH excluding ortho intramolecular Hbond substituents is 1. The molecule has 0 aliphatic carbocycles. The molecule has 0 aliphatic rings. The van der Waals surface area contributed by atoms with Crippen molar-refractivity contribution in [1.82, 2.24) is 0 Å². The fourth-order valence-electron chi connectivity index (χ4n) is 1.07. The van der Waals surface area contributed by atoms with Crippen molar-refractivity contribution in [1.29, 1.82) is 0 Å². The molecule has 1 aromatic rings. The van der Waals surface area contributed by atoms with Gasteiger partial charge in [0, 0.05) is 11.1 Å². The van der Waals surface area contributed by atoms with Crippen LogP contribution in [0.4, 0.5) is 0 Å². The predicted octanol–water partition coefficient (Wildman–Crippen LogP) is 2.47. The number of halogens is 1. The maximum atomic E-state index is 10.5. The van der Waals surface area contributed by atoms with Crippen LogP contribution in [0.15, 0.2) is 6.07 Å². The van der Waals surface area contributed by atoms with Crippen LogP contribution in [0.2, 0.25) is 5.02 Å². The second kappa shape index (κ2) is 3.15. The van der Waals surface area contributed by atoms with Gasteiger partial charge in [0.2, 0.25) is 0 Å². The van der Waals surface area contributed by atoms with Crippen molar-refractivity contribution < 1.29 is 9.90 Å². The summed E-state index contributed by atoms with van der Waals surface area (Å²) in [5.74, 6) is 0.158. The Labute approximate surface area is 75.8 Å². The topological polar surface area (TPSA) is 37.3 Å². The SMILES string of the molecule is Cc1cc(C=O)c(Cl)c(C)c1O. The van der Waals surface area contributed by atoms with Gasteiger partial charge in [-0.05, 0) is 25.5 Å². The van der Waals surface area contributed by atoms with Crippen LogP contribution in [0.3, 0.4) is 0 Å². The molecular formula is C9H9ClO2. The highest BCUT2D eigenvalue weighted by atomic mass is 35.5. The van der Waals surface area contributed by atoms with E-state index in [0.717, 1.165) is 0 Å². The summed E-state index contributed by atoms with van der Waals surface area (Å²) < 4.78 is 0. The van der Waals surface area contributed by atoms with Gasteiger partial charge in [-0.1, -0.05) is 11.6 Å². The standard InChI is InChI=1S/C9H9ClO2/c1-5-3-7(4-11)8(10)6(2)9(5)12/h3-4,12H,1-2H3. The molecule has 0 spiro atoms. The monoisotopic (exact) mass is 184 g/mol. The van der Waals surface area contributed by atoms with E-state index in [4.69, 9.17) is 11.6 Å². The number of carbonyl (C=O) groups is 1. The zero-order chi connectivity index (χ0) is 9.30. The Balaban J connectivity index is 3.49. The van der Waals surface area contributed by atoms with Crippen LogP contribution < -0.4 is 0 Å². The van der Waals surface area contributed by atoms with Gasteiger partial charge in [0.15, 0.2) is 6.29 Å². The minimum atomic E-state index is 0.158. The molecule has 0 atom stereocenters. The smallest absolute Gasteiger partial charge is 0.151 e. The second-order valence-electron chi connectivity index (χ2n) is 2.69. The van der Waals surface area contributed by atoms with Crippen LogP contribution in [0.25, 0.3) is 0 Å². The van der Waals surface area contributed by atoms with E-state index in [9.17, 15) is 9.90 Å². The van der Waals surface area contributed by atoms with Crippen LogP contribution in [-0.2, 0) is 0 Å². The second-order valence-corrected chi connectivity index (χ2v) is 3.07. The van der Waals surface area contributed by atoms with E-state index in [1.165, 1.54) is 0 Å². The van der Waals surface area contributed by atoms with Gasteiger partial charge in [-0.2, -0.15) is 0 Å². The summed E-state index contributed by atoms with van der Waals surface area (Å²) >= 11 is 5.78. The van der Waals surface area contributed by atoms with Gasteiger partial charge in [0.1, 0.15) is 5.75 Å². The van der Waals surface area contributed by atoms with Crippen molar-refractivity contribution in [3.05, 3.63) is 27.8 Å². The first-order valence-corrected chi connectivity index (χ1v) is 3.89. The third-order valence-electron chi connectivity index (χ3n) is 1.81. The number of phenols is 1. The predicted molar refractivity (Wildman–Crippen MR) is 48.0 cm³/mol. The molecule has 3 heteroatoms. The lowest BCUT2D eigenvalue weighted by Gasteiger charge is -2.06. The van der Waals surface area contributed by atoms with Gasteiger partial charge in [-0.15, -0.1) is 0 Å². The Morgan fingerprint density at radius 2 is 2.08 bits per heavy atom. The lowest BCUT2D eigenvalue weighted by molar-refractivity contribution is 0.112. The van der Waals surface area contributed by atoms with E-state index in [2.05, 4.69) is 0 Å². The average Bonchev–Trinajstić information content (AvgIpc) is 2.08. The van der Waals surface area contributed by atoms with Gasteiger partial charge < -0.3 is 5.11 Å². The Bertz CT molecular complexity index is 332. The van der Waals surface area contributed by atoms with Crippen molar-refractivity contribution in [2.75, 3.05) is 0 Å². The number of benzene rings is 1. The van der Waals surface area contributed by atoms with Crippen molar-refractivity contribution >= 4 is 17.9 Å². The number of rotatable bonds is 1. The molecule has 64 valence electrons. The van der Waals surface area contributed by atoms with Crippen molar-refractivity contribution in [2.24, 2.45) is 0 Å². The zero-order valence-electron chi connectivity index (χ0n) is 6.89. The van der Waals surface area contributed by atoms with Crippen LogP contribution in [0.5, 0.6) is 5.75 Å². The van der Waals surface area contributed by atoms with E-state index in [1.807, 2.05) is 0 Å². The van der Waals surface area contributed by atoms with Gasteiger partial charge in [-0.25, -0.2) is 0 Å². The Morgan fingerprint density at radius 1 is 1.50 bits per heavy atom. The molecule has 0 heterocycles. The normalized spacial score (nSPS) is 9.92. The molecule has 0 unspecified atom stereocenters. The van der Waals surface area contributed by atoms with E-state index in [0.29, 0.717) is 28.0 Å². The largest absolute Gasteiger partial charge is 0.507 e. The Morgan fingerprint density at radius 3 is 2.58 bits per heavy atom. The van der Waals surface area contributed by atoms with Gasteiger partial charge in [0.05, 0.1) is 5.02 Å². The summed E-state index contributed by atoms with van der Waals surface area (Å²) in [6.45, 7) is 3.41. The molecule has 0 saturated heterocycles. The third-order valence-corrected chi connectivity index (χ3v) is 2.31. The summed E-state index contributed by atoms with van der Waals surface area (Å²) in [7, 11) is 0. The summed E-state index contributed by atoms with van der Waals surface area (Å²) in [6, 6.07) is 1.57. The number of hydrogen-bond acceptors (Lipinski definition) is 2. The molecule has 1 N–H and O–H groups in total. The van der Waals surface area contributed by atoms with Gasteiger partial charge in [-0.3, -0.25) is 4.79 Å². The number of aldehydes is 1. The van der Waals surface area contributed by atoms with E-state index < -0.39 is 0 Å². The van der Waals surface area contributed by atoms with E-state index >= 15 is 0 Å². The molecule has 0 saturated carbocycles. The van der Waals surface area contributed by atoms with Crippen LogP contribution in [0, 0.1) is 13.8 Å². The van der Waals surface area contributed by atoms with Crippen LogP contribution >= 0.6 is 11.6 Å². The lowest BCUT2D eigenvalue weighted by atomic mass is 10.1. The molecule has 0 fully saturated rings. The molecule has 0 radical (unpaired) electrons. The first-order valence-electron chi connectivity index (χ1n) is 3.51. The maximum absolute atomic E-state index is 10.5. The van der Waals surface area contributed by atoms with Crippen molar-refractivity contribution in [3.63, 3.8) is 0 Å². The molecule has 0 amide bonds. The zero-order valence-corrected chi connectivity index (χ0v) is 7.64. The van der Waals surface area contributed by atoms with Crippen molar-refractivity contribution in [3.8, 4) is 5.75 Å². The molecule has 0 aromatic heterocycles. The van der Waals surface area contributed by atoms with E-state index in [-0.39, 0.29) is 5.75 Å². The first-order chi connectivity index (χ1) is 5.57. The minimum Gasteiger partial charge on any atom is -0.507 e. The quantitative estimate of drug-likeness (QED) is 0.681. The molecule has 2 nitrogen and oxygen atoms in total. The molecule has 0 aliphatic heterocycles. The molecule has 1 rings (SSSR count). The van der Waals surface area contributed by atoms with E-state index in [1.54, 1.807) is 19.9 Å². The maximum Gasteiger partial charge on any atom is 0.151 e. The Hall–Kier alpha value is -1.02. The molecular weight excluding hydrogens is 176 g/mol. The van der Waals surface area contributed by atoms with Gasteiger partial charge in [0.25, 0.3) is 0 Å². The van der Waals surface area contributed by atoms with Crippen molar-refractivity contribution in [2.45, 2.75) is 13.8 Å². The molecule has 12 heavy (non-hydrogen) atoms. The number of aromatic hydroxyl groups is 1. The summed E-state index contributed by atoms with van der Waals surface area (Å²) in [5, 5.41) is 9.73. The van der Waals surface area contributed by atoms with Crippen LogP contribution in [-0.4, -0.2) is 11.4 Å².